The highest BCUT2D eigenvalue weighted by Crippen LogP contribution is 2.77. The number of ether oxygens (including phenoxy) is 2. The fourth-order valence-electron chi connectivity index (χ4n) is 11.7. The van der Waals surface area contributed by atoms with E-state index in [4.69, 9.17) is 9.47 Å². The molecule has 0 amide bonds. The minimum absolute atomic E-state index is 0.119. The van der Waals surface area contributed by atoms with Gasteiger partial charge in [-0.2, -0.15) is 0 Å². The van der Waals surface area contributed by atoms with Crippen molar-refractivity contribution in [3.05, 3.63) is 0 Å². The average Bonchev–Trinajstić information content (AvgIpc) is 3.13. The fraction of sp³-hybridized carbons (Fsp3) is 0.966. The first-order valence-electron chi connectivity index (χ1n) is 15.0. The van der Waals surface area contributed by atoms with E-state index in [0.717, 1.165) is 19.4 Å². The van der Waals surface area contributed by atoms with E-state index in [-0.39, 0.29) is 24.8 Å². The monoisotopic (exact) mass is 551 g/mol. The van der Waals surface area contributed by atoms with Gasteiger partial charge >= 0.3 is 5.97 Å². The highest BCUT2D eigenvalue weighted by atomic mass is 16.7. The lowest BCUT2D eigenvalue weighted by Crippen LogP contribution is -2.77. The van der Waals surface area contributed by atoms with Crippen molar-refractivity contribution in [2.24, 2.45) is 40.9 Å². The molecule has 0 aromatic carbocycles. The Balaban J connectivity index is 1.40. The summed E-state index contributed by atoms with van der Waals surface area (Å²) in [5, 5.41) is 71.2. The first-order chi connectivity index (χ1) is 18.1. The van der Waals surface area contributed by atoms with Crippen LogP contribution in [-0.4, -0.2) is 108 Å². The summed E-state index contributed by atoms with van der Waals surface area (Å²) in [5.74, 6) is -5.09. The summed E-state index contributed by atoms with van der Waals surface area (Å²) in [5.41, 5.74) is -5.04. The molecule has 10 nitrogen and oxygen atoms in total. The van der Waals surface area contributed by atoms with Gasteiger partial charge in [-0.25, -0.2) is 0 Å². The van der Waals surface area contributed by atoms with E-state index >= 15 is 0 Å². The number of carbonyl (C=O) groups excluding carboxylic acids is 1. The van der Waals surface area contributed by atoms with Gasteiger partial charge in [0.2, 0.25) is 0 Å². The summed E-state index contributed by atoms with van der Waals surface area (Å²) in [6.07, 6.45) is -1.94. The highest BCUT2D eigenvalue weighted by molar-refractivity contribution is 5.66. The van der Waals surface area contributed by atoms with Crippen molar-refractivity contribution in [3.63, 3.8) is 0 Å². The van der Waals surface area contributed by atoms with Crippen LogP contribution in [0.1, 0.15) is 66.2 Å². The standard InChI is InChI=1S/C29H45NO9/c1-13-5-6-19-26(4,35)21-15(12-30(19)11-13)16-10-27-23(28(16,36)24(34)22(21)38-14(2)31)17(32)9-18-25(27,3)8-7-20(33)29(18,37)39-27/h13,15-24,32-37H,5-12H2,1-4H3/t13-,15-,16-,17+,18-,19-,20-,21+,22+,23+,24-,25-,26+,27+,28-,29-/m0/s1. The lowest BCUT2D eigenvalue weighted by Gasteiger charge is -2.64. The third-order valence-corrected chi connectivity index (χ3v) is 13.1. The predicted octanol–water partition coefficient (Wildman–Crippen LogP) is -0.243. The van der Waals surface area contributed by atoms with Gasteiger partial charge in [0.05, 0.1) is 17.3 Å². The summed E-state index contributed by atoms with van der Waals surface area (Å²) in [6, 6.07) is -0.168. The molecule has 16 atom stereocenters. The number of aliphatic hydroxyl groups excluding tert-OH is 3. The predicted molar refractivity (Wildman–Crippen MR) is 136 cm³/mol. The van der Waals surface area contributed by atoms with E-state index in [1.54, 1.807) is 6.92 Å². The maximum absolute atomic E-state index is 12.8. The number of esters is 1. The summed E-state index contributed by atoms with van der Waals surface area (Å²) >= 11 is 0. The molecule has 3 aliphatic heterocycles. The van der Waals surface area contributed by atoms with Gasteiger partial charge in [0, 0.05) is 49.2 Å². The fourth-order valence-corrected chi connectivity index (χ4v) is 11.7. The normalized spacial score (nSPS) is 63.5. The molecule has 10 heteroatoms. The second-order valence-corrected chi connectivity index (χ2v) is 14.8. The number of hydrogen-bond donors (Lipinski definition) is 6. The zero-order chi connectivity index (χ0) is 28.1. The van der Waals surface area contributed by atoms with E-state index < -0.39 is 82.1 Å². The van der Waals surface area contributed by atoms with Crippen LogP contribution in [0.5, 0.6) is 0 Å². The molecule has 0 unspecified atom stereocenters. The number of fused-ring (bicyclic) bond motifs is 5. The smallest absolute Gasteiger partial charge is 0.303 e. The molecule has 7 fully saturated rings. The van der Waals surface area contributed by atoms with Gasteiger partial charge in [-0.15, -0.1) is 0 Å². The first kappa shape index (κ1) is 27.0. The Kier molecular flexibility index (Phi) is 5.51. The third kappa shape index (κ3) is 2.98. The van der Waals surface area contributed by atoms with Gasteiger partial charge in [0.15, 0.2) is 5.79 Å². The molecule has 7 aliphatic rings. The number of aliphatic hydroxyl groups is 6. The lowest BCUT2D eigenvalue weighted by atomic mass is 9.49. The van der Waals surface area contributed by atoms with Gasteiger partial charge in [-0.05, 0) is 63.2 Å². The molecular weight excluding hydrogens is 506 g/mol. The Morgan fingerprint density at radius 1 is 1.05 bits per heavy atom. The molecule has 4 aliphatic carbocycles. The van der Waals surface area contributed by atoms with Crippen LogP contribution in [0, 0.1) is 40.9 Å². The molecular formula is C29H45NO9. The molecule has 0 radical (unpaired) electrons. The Morgan fingerprint density at radius 2 is 1.77 bits per heavy atom. The summed E-state index contributed by atoms with van der Waals surface area (Å²) < 4.78 is 12.3. The zero-order valence-corrected chi connectivity index (χ0v) is 23.4. The average molecular weight is 552 g/mol. The van der Waals surface area contributed by atoms with Crippen molar-refractivity contribution >= 4 is 5.97 Å². The highest BCUT2D eigenvalue weighted by Gasteiger charge is 2.86. The third-order valence-electron chi connectivity index (χ3n) is 13.1. The molecule has 4 bridgehead atoms. The van der Waals surface area contributed by atoms with Crippen LogP contribution in [0.2, 0.25) is 0 Å². The topological polar surface area (TPSA) is 160 Å². The molecule has 0 aromatic rings. The van der Waals surface area contributed by atoms with E-state index in [0.29, 0.717) is 25.3 Å². The minimum atomic E-state index is -1.89. The van der Waals surface area contributed by atoms with Crippen LogP contribution in [0.25, 0.3) is 0 Å². The zero-order valence-electron chi connectivity index (χ0n) is 23.4. The van der Waals surface area contributed by atoms with E-state index in [9.17, 15) is 35.4 Å². The number of carbonyl (C=O) groups is 1. The first-order valence-corrected chi connectivity index (χ1v) is 15.0. The second-order valence-electron chi connectivity index (χ2n) is 14.8. The van der Waals surface area contributed by atoms with Crippen molar-refractivity contribution in [2.75, 3.05) is 13.1 Å². The number of nitrogens with zero attached hydrogens (tertiary/aromatic N) is 1. The van der Waals surface area contributed by atoms with Crippen LogP contribution >= 0.6 is 0 Å². The summed E-state index contributed by atoms with van der Waals surface area (Å²) in [7, 11) is 0. The van der Waals surface area contributed by atoms with Crippen LogP contribution in [-0.2, 0) is 14.3 Å². The molecule has 3 saturated heterocycles. The molecule has 4 saturated carbocycles. The SMILES string of the molecule is CC(=O)O[C@@H]1[C@H]2[C@@H](CN3C[C@@H](C)CC[C@H]3[C@@]2(C)O)[C@@H]2C[C@@]34O[C@@]5(O)[C@@H](C[C@@H](O)[C@H]3[C@]2(O)[C@H]1O)[C@]4(C)CC[C@@H]5O. The van der Waals surface area contributed by atoms with Gasteiger partial charge in [-0.1, -0.05) is 13.8 Å². The maximum atomic E-state index is 12.8. The van der Waals surface area contributed by atoms with Gasteiger partial charge < -0.3 is 40.1 Å². The maximum Gasteiger partial charge on any atom is 0.303 e. The Hall–Kier alpha value is -0.850. The van der Waals surface area contributed by atoms with Crippen LogP contribution in [0.4, 0.5) is 0 Å². The lowest BCUT2D eigenvalue weighted by molar-refractivity contribution is -0.297. The van der Waals surface area contributed by atoms with Crippen molar-refractivity contribution in [1.82, 2.24) is 4.90 Å². The van der Waals surface area contributed by atoms with Crippen molar-refractivity contribution in [2.45, 2.75) is 119 Å². The van der Waals surface area contributed by atoms with Gasteiger partial charge in [-0.3, -0.25) is 9.69 Å². The van der Waals surface area contributed by atoms with Crippen molar-refractivity contribution in [3.8, 4) is 0 Å². The van der Waals surface area contributed by atoms with Crippen LogP contribution < -0.4 is 0 Å². The molecule has 0 aromatic heterocycles. The largest absolute Gasteiger partial charge is 0.459 e. The van der Waals surface area contributed by atoms with Crippen LogP contribution in [0.3, 0.4) is 0 Å². The van der Waals surface area contributed by atoms with E-state index in [1.165, 1.54) is 6.92 Å². The van der Waals surface area contributed by atoms with Crippen molar-refractivity contribution in [1.29, 1.82) is 0 Å². The molecule has 220 valence electrons. The minimum Gasteiger partial charge on any atom is -0.459 e. The Bertz CT molecular complexity index is 1070. The van der Waals surface area contributed by atoms with E-state index in [1.807, 2.05) is 6.92 Å². The summed E-state index contributed by atoms with van der Waals surface area (Å²) in [6.45, 7) is 8.61. The second kappa shape index (κ2) is 7.95. The molecule has 6 N–H and O–H groups in total. The summed E-state index contributed by atoms with van der Waals surface area (Å²) in [4.78, 5) is 14.7. The molecule has 7 rings (SSSR count). The molecule has 39 heavy (non-hydrogen) atoms. The molecule has 3 heterocycles. The van der Waals surface area contributed by atoms with Gasteiger partial charge in [0.1, 0.15) is 23.9 Å². The number of piperidine rings is 2. The molecule has 1 spiro atoms. The van der Waals surface area contributed by atoms with Crippen LogP contribution in [0.15, 0.2) is 0 Å². The number of rotatable bonds is 1. The Labute approximate surface area is 229 Å². The quantitative estimate of drug-likeness (QED) is 0.240. The van der Waals surface area contributed by atoms with E-state index in [2.05, 4.69) is 11.8 Å². The Morgan fingerprint density at radius 3 is 2.46 bits per heavy atom. The van der Waals surface area contributed by atoms with Gasteiger partial charge in [0.25, 0.3) is 0 Å². The number of hydrogen-bond acceptors (Lipinski definition) is 10. The van der Waals surface area contributed by atoms with Crippen molar-refractivity contribution < 1.29 is 44.9 Å².